The molecule has 5 N–H and O–H groups in total. The molecule has 0 atom stereocenters. The number of phenolic OH excluding ortho intramolecular Hbond substituents is 2. The summed E-state index contributed by atoms with van der Waals surface area (Å²) in [5, 5.41) is 20.8. The zero-order valence-electron chi connectivity index (χ0n) is 9.72. The molecule has 0 aliphatic rings. The van der Waals surface area contributed by atoms with Gasteiger partial charge in [0.25, 0.3) is 5.91 Å². The monoisotopic (exact) mass is 262 g/mol. The first-order valence-corrected chi connectivity index (χ1v) is 5.36. The number of rotatable bonds is 2. The van der Waals surface area contributed by atoms with Gasteiger partial charge in [0.05, 0.1) is 5.69 Å². The van der Waals surface area contributed by atoms with Crippen LogP contribution in [-0.4, -0.2) is 16.1 Å². The number of nitrogens with two attached hydrogens (primary N) is 1. The third kappa shape index (κ3) is 2.74. The Morgan fingerprint density at radius 1 is 1.11 bits per heavy atom. The summed E-state index contributed by atoms with van der Waals surface area (Å²) in [5.74, 6) is -2.03. The number of carbonyl (C=O) groups excluding carboxylic acids is 1. The van der Waals surface area contributed by atoms with Gasteiger partial charge in [-0.2, -0.15) is 0 Å². The molecular weight excluding hydrogens is 251 g/mol. The van der Waals surface area contributed by atoms with E-state index in [1.54, 1.807) is 0 Å². The van der Waals surface area contributed by atoms with Crippen LogP contribution in [0.5, 0.6) is 11.5 Å². The number of nitrogen functional groups attached to an aromatic ring is 1. The van der Waals surface area contributed by atoms with Crippen molar-refractivity contribution in [1.29, 1.82) is 0 Å². The van der Waals surface area contributed by atoms with Crippen LogP contribution in [0.1, 0.15) is 10.4 Å². The number of anilines is 2. The van der Waals surface area contributed by atoms with Crippen LogP contribution in [0.25, 0.3) is 0 Å². The van der Waals surface area contributed by atoms with Crippen LogP contribution in [0.3, 0.4) is 0 Å². The first-order valence-electron chi connectivity index (χ1n) is 5.36. The van der Waals surface area contributed by atoms with Crippen LogP contribution in [0.15, 0.2) is 36.4 Å². The molecular formula is C13H11FN2O3. The van der Waals surface area contributed by atoms with Gasteiger partial charge in [0.15, 0.2) is 11.5 Å². The molecule has 19 heavy (non-hydrogen) atoms. The second-order valence-corrected chi connectivity index (χ2v) is 3.90. The fraction of sp³-hybridized carbons (Fsp3) is 0. The molecule has 0 aliphatic heterocycles. The van der Waals surface area contributed by atoms with Crippen LogP contribution in [0.4, 0.5) is 15.8 Å². The highest BCUT2D eigenvalue weighted by atomic mass is 19.1. The highest BCUT2D eigenvalue weighted by molar-refractivity contribution is 6.04. The average Bonchev–Trinajstić information content (AvgIpc) is 2.36. The number of halogens is 1. The number of hydrogen-bond acceptors (Lipinski definition) is 4. The van der Waals surface area contributed by atoms with E-state index in [0.717, 1.165) is 12.1 Å². The minimum absolute atomic E-state index is 0.0215. The third-order valence-corrected chi connectivity index (χ3v) is 2.48. The van der Waals surface area contributed by atoms with Crippen molar-refractivity contribution in [2.24, 2.45) is 0 Å². The molecule has 0 spiro atoms. The molecule has 1 amide bonds. The highest BCUT2D eigenvalue weighted by Crippen LogP contribution is 2.25. The van der Waals surface area contributed by atoms with Crippen LogP contribution in [0.2, 0.25) is 0 Å². The molecule has 2 aromatic carbocycles. The summed E-state index contributed by atoms with van der Waals surface area (Å²) >= 11 is 0. The molecule has 0 saturated heterocycles. The van der Waals surface area contributed by atoms with E-state index in [-0.39, 0.29) is 22.7 Å². The Balaban J connectivity index is 2.23. The molecule has 0 fully saturated rings. The Bertz CT molecular complexity index is 644. The van der Waals surface area contributed by atoms with Crippen molar-refractivity contribution in [2.45, 2.75) is 0 Å². The molecule has 0 aliphatic carbocycles. The molecule has 0 saturated carbocycles. The van der Waals surface area contributed by atoms with Gasteiger partial charge < -0.3 is 21.3 Å². The fourth-order valence-electron chi connectivity index (χ4n) is 1.49. The van der Waals surface area contributed by atoms with Crippen LogP contribution in [-0.2, 0) is 0 Å². The van der Waals surface area contributed by atoms with Crippen LogP contribution >= 0.6 is 0 Å². The molecule has 0 radical (unpaired) electrons. The third-order valence-electron chi connectivity index (χ3n) is 2.48. The van der Waals surface area contributed by atoms with Crippen molar-refractivity contribution < 1.29 is 19.4 Å². The summed E-state index contributed by atoms with van der Waals surface area (Å²) in [7, 11) is 0. The number of benzene rings is 2. The number of carbonyl (C=O) groups is 1. The molecule has 5 nitrogen and oxygen atoms in total. The first kappa shape index (κ1) is 12.7. The normalized spacial score (nSPS) is 10.2. The summed E-state index contributed by atoms with van der Waals surface area (Å²) < 4.78 is 13.5. The predicted molar refractivity (Wildman–Crippen MR) is 68.5 cm³/mol. The first-order chi connectivity index (χ1) is 8.97. The lowest BCUT2D eigenvalue weighted by Crippen LogP contribution is -2.13. The van der Waals surface area contributed by atoms with Gasteiger partial charge in [0.2, 0.25) is 0 Å². The molecule has 6 heteroatoms. The lowest BCUT2D eigenvalue weighted by molar-refractivity contribution is 0.102. The summed E-state index contributed by atoms with van der Waals surface area (Å²) in [4.78, 5) is 11.8. The lowest BCUT2D eigenvalue weighted by atomic mass is 10.2. The lowest BCUT2D eigenvalue weighted by Gasteiger charge is -2.07. The number of phenols is 2. The number of hydrogen-bond donors (Lipinski definition) is 4. The minimum atomic E-state index is -0.656. The Morgan fingerprint density at radius 3 is 2.47 bits per heavy atom. The van der Waals surface area contributed by atoms with E-state index in [1.165, 1.54) is 24.3 Å². The quantitative estimate of drug-likeness (QED) is 0.492. The zero-order valence-corrected chi connectivity index (χ0v) is 9.72. The topological polar surface area (TPSA) is 95.6 Å². The van der Waals surface area contributed by atoms with Crippen molar-refractivity contribution in [3.63, 3.8) is 0 Å². The van der Waals surface area contributed by atoms with Gasteiger partial charge in [-0.05, 0) is 36.4 Å². The number of amides is 1. The summed E-state index contributed by atoms with van der Waals surface area (Å²) in [6, 6.07) is 7.43. The maximum Gasteiger partial charge on any atom is 0.255 e. The average molecular weight is 262 g/mol. The highest BCUT2D eigenvalue weighted by Gasteiger charge is 2.11. The van der Waals surface area contributed by atoms with Gasteiger partial charge >= 0.3 is 0 Å². The van der Waals surface area contributed by atoms with E-state index >= 15 is 0 Å². The van der Waals surface area contributed by atoms with Gasteiger partial charge in [-0.15, -0.1) is 0 Å². The molecule has 2 rings (SSSR count). The predicted octanol–water partition coefficient (Wildman–Crippen LogP) is 2.07. The van der Waals surface area contributed by atoms with E-state index in [9.17, 15) is 14.3 Å². The summed E-state index contributed by atoms with van der Waals surface area (Å²) in [6.07, 6.45) is 0. The second kappa shape index (κ2) is 4.85. The Kier molecular flexibility index (Phi) is 3.24. The Morgan fingerprint density at radius 2 is 1.84 bits per heavy atom. The van der Waals surface area contributed by atoms with Crippen molar-refractivity contribution in [3.05, 3.63) is 47.8 Å². The van der Waals surface area contributed by atoms with E-state index in [4.69, 9.17) is 10.8 Å². The molecule has 0 unspecified atom stereocenters. The van der Waals surface area contributed by atoms with E-state index in [2.05, 4.69) is 5.32 Å². The van der Waals surface area contributed by atoms with Crippen molar-refractivity contribution in [2.75, 3.05) is 11.1 Å². The zero-order chi connectivity index (χ0) is 14.0. The summed E-state index contributed by atoms with van der Waals surface area (Å²) in [6.45, 7) is 0. The van der Waals surface area contributed by atoms with Gasteiger partial charge in [-0.3, -0.25) is 4.79 Å². The van der Waals surface area contributed by atoms with E-state index in [1.807, 2.05) is 0 Å². The van der Waals surface area contributed by atoms with E-state index in [0.29, 0.717) is 0 Å². The molecule has 0 heterocycles. The maximum absolute atomic E-state index is 13.5. The van der Waals surface area contributed by atoms with Gasteiger partial charge in [0.1, 0.15) is 5.82 Å². The maximum atomic E-state index is 13.5. The SMILES string of the molecule is Nc1ccc(NC(=O)c2ccc(O)c(O)c2)c(F)c1. The van der Waals surface area contributed by atoms with Gasteiger partial charge in [-0.25, -0.2) is 4.39 Å². The van der Waals surface area contributed by atoms with E-state index < -0.39 is 17.5 Å². The molecule has 0 aromatic heterocycles. The molecule has 98 valence electrons. The Hall–Kier alpha value is -2.76. The second-order valence-electron chi connectivity index (χ2n) is 3.90. The molecule has 0 bridgehead atoms. The van der Waals surface area contributed by atoms with Crippen molar-refractivity contribution >= 4 is 17.3 Å². The van der Waals surface area contributed by atoms with Crippen LogP contribution < -0.4 is 11.1 Å². The van der Waals surface area contributed by atoms with Gasteiger partial charge in [0, 0.05) is 11.3 Å². The number of aromatic hydroxyl groups is 2. The summed E-state index contributed by atoms with van der Waals surface area (Å²) in [5.41, 5.74) is 5.71. The van der Waals surface area contributed by atoms with Crippen molar-refractivity contribution in [1.82, 2.24) is 0 Å². The van der Waals surface area contributed by atoms with Crippen LogP contribution in [0, 0.1) is 5.82 Å². The standard InChI is InChI=1S/C13H11FN2O3/c14-9-6-8(15)2-3-10(9)16-13(19)7-1-4-11(17)12(18)5-7/h1-6,17-18H,15H2,(H,16,19). The smallest absolute Gasteiger partial charge is 0.255 e. The van der Waals surface area contributed by atoms with Crippen molar-refractivity contribution in [3.8, 4) is 11.5 Å². The molecule has 2 aromatic rings. The number of nitrogens with one attached hydrogen (secondary N) is 1. The largest absolute Gasteiger partial charge is 0.504 e. The minimum Gasteiger partial charge on any atom is -0.504 e. The van der Waals surface area contributed by atoms with Gasteiger partial charge in [-0.1, -0.05) is 0 Å². The fourth-order valence-corrected chi connectivity index (χ4v) is 1.49. The Labute approximate surface area is 108 Å².